The van der Waals surface area contributed by atoms with Gasteiger partial charge in [-0.05, 0) is 40.5 Å². The van der Waals surface area contributed by atoms with E-state index in [0.717, 1.165) is 10.9 Å². The summed E-state index contributed by atoms with van der Waals surface area (Å²) in [5.41, 5.74) is 6.38. The first-order chi connectivity index (χ1) is 7.54. The van der Waals surface area contributed by atoms with Crippen LogP contribution in [0, 0.1) is 0 Å². The number of hydrogen-bond acceptors (Lipinski definition) is 2. The van der Waals surface area contributed by atoms with E-state index in [4.69, 9.17) is 17.3 Å². The number of rotatable bonds is 4. The number of carbonyl (C=O) groups excluding carboxylic acids is 1. The molecule has 1 aromatic carbocycles. The molecule has 88 valence electrons. The van der Waals surface area contributed by atoms with Crippen molar-refractivity contribution in [3.05, 3.63) is 27.7 Å². The maximum atomic E-state index is 11.6. The SMILES string of the molecule is CCC[C@H](N)C(=O)Nc1ccc(Cl)c(Br)c1. The lowest BCUT2D eigenvalue weighted by molar-refractivity contribution is -0.117. The lowest BCUT2D eigenvalue weighted by atomic mass is 10.1. The summed E-state index contributed by atoms with van der Waals surface area (Å²) in [7, 11) is 0. The van der Waals surface area contributed by atoms with Gasteiger partial charge >= 0.3 is 0 Å². The minimum absolute atomic E-state index is 0.170. The van der Waals surface area contributed by atoms with E-state index in [0.29, 0.717) is 17.1 Å². The second-order valence-electron chi connectivity index (χ2n) is 3.51. The molecule has 3 nitrogen and oxygen atoms in total. The summed E-state index contributed by atoms with van der Waals surface area (Å²) in [5.74, 6) is -0.170. The Labute approximate surface area is 108 Å². The van der Waals surface area contributed by atoms with Gasteiger partial charge in [-0.3, -0.25) is 4.79 Å². The third-order valence-corrected chi connectivity index (χ3v) is 3.34. The van der Waals surface area contributed by atoms with Gasteiger partial charge in [0, 0.05) is 10.2 Å². The van der Waals surface area contributed by atoms with Crippen molar-refractivity contribution in [3.8, 4) is 0 Å². The Balaban J connectivity index is 2.66. The number of halogens is 2. The molecule has 16 heavy (non-hydrogen) atoms. The molecule has 0 aliphatic carbocycles. The van der Waals surface area contributed by atoms with Crippen LogP contribution >= 0.6 is 27.5 Å². The molecule has 0 bridgehead atoms. The van der Waals surface area contributed by atoms with Gasteiger partial charge in [-0.2, -0.15) is 0 Å². The van der Waals surface area contributed by atoms with Gasteiger partial charge in [-0.15, -0.1) is 0 Å². The highest BCUT2D eigenvalue weighted by molar-refractivity contribution is 9.10. The highest BCUT2D eigenvalue weighted by Gasteiger charge is 2.12. The van der Waals surface area contributed by atoms with E-state index in [1.807, 2.05) is 6.92 Å². The number of nitrogens with one attached hydrogen (secondary N) is 1. The van der Waals surface area contributed by atoms with Crippen LogP contribution in [-0.2, 0) is 4.79 Å². The Morgan fingerprint density at radius 1 is 1.62 bits per heavy atom. The van der Waals surface area contributed by atoms with Gasteiger partial charge in [0.2, 0.25) is 5.91 Å². The molecular formula is C11H14BrClN2O. The molecule has 0 fully saturated rings. The monoisotopic (exact) mass is 304 g/mol. The van der Waals surface area contributed by atoms with Gasteiger partial charge in [-0.25, -0.2) is 0 Å². The van der Waals surface area contributed by atoms with Gasteiger partial charge in [0.25, 0.3) is 0 Å². The number of anilines is 1. The van der Waals surface area contributed by atoms with Crippen LogP contribution in [0.25, 0.3) is 0 Å². The summed E-state index contributed by atoms with van der Waals surface area (Å²) in [6.45, 7) is 1.99. The minimum Gasteiger partial charge on any atom is -0.325 e. The van der Waals surface area contributed by atoms with Gasteiger partial charge in [0.05, 0.1) is 11.1 Å². The predicted molar refractivity (Wildman–Crippen MR) is 70.7 cm³/mol. The molecule has 0 aliphatic rings. The molecule has 0 saturated heterocycles. The van der Waals surface area contributed by atoms with Gasteiger partial charge in [0.15, 0.2) is 0 Å². The predicted octanol–water partition coefficient (Wildman–Crippen LogP) is 3.17. The van der Waals surface area contributed by atoms with Crippen molar-refractivity contribution in [1.82, 2.24) is 0 Å². The molecule has 1 aromatic rings. The van der Waals surface area contributed by atoms with E-state index >= 15 is 0 Å². The first-order valence-corrected chi connectivity index (χ1v) is 6.23. The molecule has 0 heterocycles. The summed E-state index contributed by atoms with van der Waals surface area (Å²) in [4.78, 5) is 11.6. The van der Waals surface area contributed by atoms with Crippen molar-refractivity contribution in [2.75, 3.05) is 5.32 Å². The average Bonchev–Trinajstić information content (AvgIpc) is 2.24. The lowest BCUT2D eigenvalue weighted by Crippen LogP contribution is -2.35. The van der Waals surface area contributed by atoms with Crippen molar-refractivity contribution < 1.29 is 4.79 Å². The molecule has 1 rings (SSSR count). The summed E-state index contributed by atoms with van der Waals surface area (Å²) in [6.07, 6.45) is 1.57. The quantitative estimate of drug-likeness (QED) is 0.897. The van der Waals surface area contributed by atoms with Crippen LogP contribution < -0.4 is 11.1 Å². The number of benzene rings is 1. The van der Waals surface area contributed by atoms with Crippen molar-refractivity contribution in [3.63, 3.8) is 0 Å². The maximum Gasteiger partial charge on any atom is 0.241 e. The normalized spacial score (nSPS) is 12.2. The molecular weight excluding hydrogens is 291 g/mol. The Kier molecular flexibility index (Phi) is 5.25. The number of hydrogen-bond donors (Lipinski definition) is 2. The molecule has 0 unspecified atom stereocenters. The highest BCUT2D eigenvalue weighted by atomic mass is 79.9. The molecule has 3 N–H and O–H groups in total. The van der Waals surface area contributed by atoms with Gasteiger partial charge < -0.3 is 11.1 Å². The van der Waals surface area contributed by atoms with Crippen LogP contribution in [0.4, 0.5) is 5.69 Å². The molecule has 0 spiro atoms. The summed E-state index contributed by atoms with van der Waals surface area (Å²) < 4.78 is 0.746. The van der Waals surface area contributed by atoms with Gasteiger partial charge in [0.1, 0.15) is 0 Å². The molecule has 0 aromatic heterocycles. The van der Waals surface area contributed by atoms with E-state index < -0.39 is 6.04 Å². The number of amides is 1. The van der Waals surface area contributed by atoms with Crippen LogP contribution in [-0.4, -0.2) is 11.9 Å². The fraction of sp³-hybridized carbons (Fsp3) is 0.364. The largest absolute Gasteiger partial charge is 0.325 e. The summed E-state index contributed by atoms with van der Waals surface area (Å²) >= 11 is 9.13. The smallest absolute Gasteiger partial charge is 0.241 e. The zero-order valence-electron chi connectivity index (χ0n) is 8.97. The molecule has 5 heteroatoms. The van der Waals surface area contributed by atoms with Crippen LogP contribution in [0.2, 0.25) is 5.02 Å². The summed E-state index contributed by atoms with van der Waals surface area (Å²) in [5, 5.41) is 3.35. The van der Waals surface area contributed by atoms with Crippen LogP contribution in [0.1, 0.15) is 19.8 Å². The molecule has 0 saturated carbocycles. The molecule has 0 radical (unpaired) electrons. The third-order valence-electron chi connectivity index (χ3n) is 2.12. The number of nitrogens with two attached hydrogens (primary N) is 1. The molecule has 0 aliphatic heterocycles. The Morgan fingerprint density at radius 3 is 2.88 bits per heavy atom. The maximum absolute atomic E-state index is 11.6. The standard InChI is InChI=1S/C11H14BrClN2O/c1-2-3-10(14)11(16)15-7-4-5-9(13)8(12)6-7/h4-6,10H,2-3,14H2,1H3,(H,15,16)/t10-/m0/s1. The highest BCUT2D eigenvalue weighted by Crippen LogP contribution is 2.25. The first-order valence-electron chi connectivity index (χ1n) is 5.06. The lowest BCUT2D eigenvalue weighted by Gasteiger charge is -2.11. The molecule has 1 amide bonds. The van der Waals surface area contributed by atoms with Crippen LogP contribution in [0.5, 0.6) is 0 Å². The second-order valence-corrected chi connectivity index (χ2v) is 4.77. The third kappa shape index (κ3) is 3.77. The van der Waals surface area contributed by atoms with Crippen molar-refractivity contribution in [2.24, 2.45) is 5.73 Å². The zero-order valence-corrected chi connectivity index (χ0v) is 11.3. The molecule has 1 atom stereocenters. The fourth-order valence-electron chi connectivity index (χ4n) is 1.25. The Morgan fingerprint density at radius 2 is 2.31 bits per heavy atom. The van der Waals surface area contributed by atoms with Gasteiger partial charge in [-0.1, -0.05) is 24.9 Å². The van der Waals surface area contributed by atoms with E-state index in [1.165, 1.54) is 0 Å². The Bertz CT molecular complexity index is 384. The van der Waals surface area contributed by atoms with Crippen molar-refractivity contribution in [1.29, 1.82) is 0 Å². The van der Waals surface area contributed by atoms with E-state index in [1.54, 1.807) is 18.2 Å². The van der Waals surface area contributed by atoms with Crippen LogP contribution in [0.15, 0.2) is 22.7 Å². The van der Waals surface area contributed by atoms with E-state index in [2.05, 4.69) is 21.2 Å². The van der Waals surface area contributed by atoms with E-state index in [9.17, 15) is 4.79 Å². The van der Waals surface area contributed by atoms with Crippen molar-refractivity contribution >= 4 is 39.1 Å². The van der Waals surface area contributed by atoms with Crippen LogP contribution in [0.3, 0.4) is 0 Å². The second kappa shape index (κ2) is 6.23. The minimum atomic E-state index is -0.459. The van der Waals surface area contributed by atoms with Crippen molar-refractivity contribution in [2.45, 2.75) is 25.8 Å². The average molecular weight is 306 g/mol. The number of carbonyl (C=O) groups is 1. The topological polar surface area (TPSA) is 55.1 Å². The zero-order chi connectivity index (χ0) is 12.1. The van der Waals surface area contributed by atoms with E-state index in [-0.39, 0.29) is 5.91 Å². The first kappa shape index (κ1) is 13.5. The Hall–Kier alpha value is -0.580. The fourth-order valence-corrected chi connectivity index (χ4v) is 1.75. The summed E-state index contributed by atoms with van der Waals surface area (Å²) in [6, 6.07) is 4.74.